The maximum Gasteiger partial charge on any atom is 0.360 e. The number of methoxy groups -OCH3 is 2. The van der Waals surface area contributed by atoms with E-state index in [9.17, 15) is 8.42 Å². The second-order valence-electron chi connectivity index (χ2n) is 7.75. The summed E-state index contributed by atoms with van der Waals surface area (Å²) in [5.74, 6) is 1.75. The van der Waals surface area contributed by atoms with Crippen LogP contribution >= 0.6 is 11.3 Å². The smallest absolute Gasteiger partial charge is 0.360 e. The molecule has 182 valence electrons. The molecule has 0 aliphatic carbocycles. The Balaban J connectivity index is 1.29. The summed E-state index contributed by atoms with van der Waals surface area (Å²) in [6.45, 7) is 1.74. The Kier molecular flexibility index (Phi) is 6.13. The van der Waals surface area contributed by atoms with Crippen molar-refractivity contribution in [3.63, 3.8) is 0 Å². The number of aromatic nitrogens is 1. The van der Waals surface area contributed by atoms with Gasteiger partial charge in [0.1, 0.15) is 11.3 Å². The van der Waals surface area contributed by atoms with E-state index in [1.807, 2.05) is 25.1 Å². The molecule has 1 unspecified atom stereocenters. The Labute approximate surface area is 206 Å². The molecular formula is C24H23N3O6S2. The predicted octanol–water partition coefficient (Wildman–Crippen LogP) is 4.73. The molecule has 0 spiro atoms. The number of benzene rings is 3. The lowest BCUT2D eigenvalue weighted by Crippen LogP contribution is -2.19. The van der Waals surface area contributed by atoms with E-state index >= 15 is 0 Å². The van der Waals surface area contributed by atoms with Gasteiger partial charge in [0.25, 0.3) is 10.0 Å². The average Bonchev–Trinajstić information content (AvgIpc) is 3.46. The van der Waals surface area contributed by atoms with E-state index in [0.717, 1.165) is 27.3 Å². The molecule has 1 aliphatic heterocycles. The molecule has 0 saturated carbocycles. The monoisotopic (exact) mass is 513 g/mol. The van der Waals surface area contributed by atoms with Gasteiger partial charge in [0, 0.05) is 19.3 Å². The fourth-order valence-electron chi connectivity index (χ4n) is 3.72. The molecular weight excluding hydrogens is 490 g/mol. The first-order valence-corrected chi connectivity index (χ1v) is 13.0. The van der Waals surface area contributed by atoms with Gasteiger partial charge in [-0.05, 0) is 60.5 Å². The minimum Gasteiger partial charge on any atom is -0.496 e. The first-order valence-electron chi connectivity index (χ1n) is 10.7. The van der Waals surface area contributed by atoms with E-state index in [-0.39, 0.29) is 10.0 Å². The number of hydrogen-bond donors (Lipinski definition) is 2. The fraction of sp³-hybridized carbons (Fsp3) is 0.208. The number of ether oxygens (including phenoxy) is 4. The molecule has 4 aromatic rings. The summed E-state index contributed by atoms with van der Waals surface area (Å²) in [5, 5.41) is 3.54. The van der Waals surface area contributed by atoms with Crippen LogP contribution in [0, 0.1) is 6.92 Å². The molecule has 3 aromatic carbocycles. The first kappa shape index (κ1) is 23.2. The molecule has 0 bridgehead atoms. The molecule has 2 N–H and O–H groups in total. The zero-order chi connectivity index (χ0) is 24.6. The Morgan fingerprint density at radius 3 is 2.60 bits per heavy atom. The Morgan fingerprint density at radius 1 is 1.06 bits per heavy atom. The van der Waals surface area contributed by atoms with E-state index < -0.39 is 16.5 Å². The molecule has 1 aromatic heterocycles. The van der Waals surface area contributed by atoms with Gasteiger partial charge < -0.3 is 24.3 Å². The van der Waals surface area contributed by atoms with Gasteiger partial charge in [-0.25, -0.2) is 13.4 Å². The minimum absolute atomic E-state index is 0.129. The third kappa shape index (κ3) is 4.57. The number of anilines is 2. The molecule has 2 heterocycles. The van der Waals surface area contributed by atoms with Gasteiger partial charge in [-0.15, -0.1) is 0 Å². The third-order valence-electron chi connectivity index (χ3n) is 5.59. The van der Waals surface area contributed by atoms with E-state index in [1.54, 1.807) is 43.5 Å². The van der Waals surface area contributed by atoms with Crippen molar-refractivity contribution in [2.75, 3.05) is 24.3 Å². The van der Waals surface area contributed by atoms with Crippen molar-refractivity contribution in [1.82, 2.24) is 4.98 Å². The molecule has 1 atom stereocenters. The van der Waals surface area contributed by atoms with Crippen molar-refractivity contribution in [1.29, 1.82) is 0 Å². The quantitative estimate of drug-likeness (QED) is 0.348. The third-order valence-corrected chi connectivity index (χ3v) is 8.01. The summed E-state index contributed by atoms with van der Waals surface area (Å²) in [6.07, 6.45) is 0. The predicted molar refractivity (Wildman–Crippen MR) is 134 cm³/mol. The van der Waals surface area contributed by atoms with E-state index in [1.165, 1.54) is 18.4 Å². The van der Waals surface area contributed by atoms with Crippen LogP contribution in [-0.4, -0.2) is 34.1 Å². The van der Waals surface area contributed by atoms with Gasteiger partial charge >= 0.3 is 6.48 Å². The van der Waals surface area contributed by atoms with Crippen molar-refractivity contribution < 1.29 is 27.4 Å². The van der Waals surface area contributed by atoms with Gasteiger partial charge in [0.05, 0.1) is 16.7 Å². The lowest BCUT2D eigenvalue weighted by Gasteiger charge is -2.12. The maximum absolute atomic E-state index is 13.0. The van der Waals surface area contributed by atoms with Crippen LogP contribution in [0.3, 0.4) is 0 Å². The largest absolute Gasteiger partial charge is 0.496 e. The molecule has 35 heavy (non-hydrogen) atoms. The zero-order valence-corrected chi connectivity index (χ0v) is 20.8. The topological polar surface area (TPSA) is 108 Å². The highest BCUT2D eigenvalue weighted by Crippen LogP contribution is 2.43. The van der Waals surface area contributed by atoms with Crippen LogP contribution in [0.1, 0.15) is 11.1 Å². The summed E-state index contributed by atoms with van der Waals surface area (Å²) in [5.41, 5.74) is 3.46. The summed E-state index contributed by atoms with van der Waals surface area (Å²) in [7, 11) is -0.721. The van der Waals surface area contributed by atoms with E-state index in [4.69, 9.17) is 18.9 Å². The second-order valence-corrected chi connectivity index (χ2v) is 10.5. The van der Waals surface area contributed by atoms with Crippen LogP contribution in [0.25, 0.3) is 10.2 Å². The van der Waals surface area contributed by atoms with Gasteiger partial charge in [-0.3, -0.25) is 4.72 Å². The molecule has 9 nitrogen and oxygen atoms in total. The number of nitrogens with zero attached hydrogens (tertiary/aromatic N) is 1. The maximum atomic E-state index is 13.0. The lowest BCUT2D eigenvalue weighted by molar-refractivity contribution is -0.157. The fourth-order valence-corrected chi connectivity index (χ4v) is 5.82. The highest BCUT2D eigenvalue weighted by Gasteiger charge is 2.28. The molecule has 5 rings (SSSR count). The number of thiazole rings is 1. The summed E-state index contributed by atoms with van der Waals surface area (Å²) in [6, 6.07) is 16.0. The highest BCUT2D eigenvalue weighted by atomic mass is 32.2. The Hall–Kier alpha value is -3.54. The zero-order valence-electron chi connectivity index (χ0n) is 19.2. The van der Waals surface area contributed by atoms with Crippen LogP contribution < -0.4 is 24.2 Å². The number of rotatable bonds is 8. The van der Waals surface area contributed by atoms with Crippen LogP contribution in [0.15, 0.2) is 59.5 Å². The first-order chi connectivity index (χ1) is 16.9. The van der Waals surface area contributed by atoms with Gasteiger partial charge in [-0.1, -0.05) is 23.5 Å². The van der Waals surface area contributed by atoms with Crippen LogP contribution in [0.5, 0.6) is 17.2 Å². The lowest BCUT2D eigenvalue weighted by atomic mass is 10.1. The molecule has 0 amide bonds. The van der Waals surface area contributed by atoms with E-state index in [2.05, 4.69) is 15.0 Å². The Bertz CT molecular complexity index is 1490. The molecule has 1 aliphatic rings. The van der Waals surface area contributed by atoms with Gasteiger partial charge in [0.15, 0.2) is 16.6 Å². The van der Waals surface area contributed by atoms with Gasteiger partial charge in [0.2, 0.25) is 0 Å². The number of fused-ring (bicyclic) bond motifs is 3. The summed E-state index contributed by atoms with van der Waals surface area (Å²) >= 11 is 1.21. The van der Waals surface area contributed by atoms with Crippen molar-refractivity contribution in [3.8, 4) is 17.2 Å². The van der Waals surface area contributed by atoms with E-state index in [0.29, 0.717) is 23.6 Å². The minimum atomic E-state index is -3.83. The van der Waals surface area contributed by atoms with Crippen LogP contribution in [0.4, 0.5) is 10.8 Å². The normalized spacial score (nSPS) is 14.8. The van der Waals surface area contributed by atoms with Crippen molar-refractivity contribution in [2.24, 2.45) is 0 Å². The summed E-state index contributed by atoms with van der Waals surface area (Å²) in [4.78, 5) is 4.54. The van der Waals surface area contributed by atoms with Crippen molar-refractivity contribution in [3.05, 3.63) is 65.7 Å². The molecule has 11 heteroatoms. The molecule has 0 fully saturated rings. The van der Waals surface area contributed by atoms with Crippen molar-refractivity contribution >= 4 is 42.4 Å². The van der Waals surface area contributed by atoms with Crippen molar-refractivity contribution in [2.45, 2.75) is 24.8 Å². The standard InChI is InChI=1S/C24H23N3O6S2/c1-14-15(5-4-6-18(14)30-2)13-25-16-7-9-17(10-8-16)35(28,29)27-23-26-21-20(34-23)12-11-19-22(21)33-24(31-3)32-19/h4-12,24-25H,13H2,1-3H3,(H,26,27). The van der Waals surface area contributed by atoms with Crippen LogP contribution in [0.2, 0.25) is 0 Å². The average molecular weight is 514 g/mol. The second kappa shape index (κ2) is 9.25. The summed E-state index contributed by atoms with van der Waals surface area (Å²) < 4.78 is 50.8. The molecule has 0 saturated heterocycles. The number of hydrogen-bond acceptors (Lipinski definition) is 9. The van der Waals surface area contributed by atoms with Gasteiger partial charge in [-0.2, -0.15) is 0 Å². The number of sulfonamides is 1. The van der Waals surface area contributed by atoms with Crippen LogP contribution in [-0.2, 0) is 21.3 Å². The Morgan fingerprint density at radius 2 is 1.86 bits per heavy atom. The highest BCUT2D eigenvalue weighted by molar-refractivity contribution is 7.93. The molecule has 0 radical (unpaired) electrons. The SMILES string of the molecule is COc1cccc(CNc2ccc(S(=O)(=O)Nc3nc4c5c(ccc4s3)OC(OC)O5)cc2)c1C. The number of nitrogens with one attached hydrogen (secondary N) is 2.